The Labute approximate surface area is 118 Å². The molecule has 6 nitrogen and oxygen atoms in total. The van der Waals surface area contributed by atoms with Crippen LogP contribution in [0.5, 0.6) is 0 Å². The van der Waals surface area contributed by atoms with E-state index in [2.05, 4.69) is 41.5 Å². The minimum atomic E-state index is -0.309. The van der Waals surface area contributed by atoms with Gasteiger partial charge in [-0.15, -0.1) is 0 Å². The van der Waals surface area contributed by atoms with Crippen LogP contribution >= 0.6 is 15.9 Å². The van der Waals surface area contributed by atoms with Gasteiger partial charge in [0.1, 0.15) is 5.82 Å². The lowest BCUT2D eigenvalue weighted by atomic mass is 10.2. The maximum atomic E-state index is 12.2. The molecule has 0 radical (unpaired) electrons. The van der Waals surface area contributed by atoms with Crippen molar-refractivity contribution < 1.29 is 4.79 Å². The molecule has 0 bridgehead atoms. The van der Waals surface area contributed by atoms with Gasteiger partial charge in [0.15, 0.2) is 0 Å². The second-order valence-corrected chi connectivity index (χ2v) is 4.52. The third kappa shape index (κ3) is 3.47. The van der Waals surface area contributed by atoms with Crippen LogP contribution < -0.4 is 10.6 Å². The molecular weight excluding hydrogens is 310 g/mol. The van der Waals surface area contributed by atoms with Crippen molar-refractivity contribution in [1.29, 1.82) is 0 Å². The monoisotopic (exact) mass is 321 g/mol. The number of hydrogen-bond donors (Lipinski definition) is 2. The summed E-state index contributed by atoms with van der Waals surface area (Å²) in [5.41, 5.74) is 0.434. The molecule has 0 spiro atoms. The van der Waals surface area contributed by atoms with Gasteiger partial charge in [-0.3, -0.25) is 10.1 Å². The molecule has 0 aliphatic heterocycles. The molecule has 2 aromatic heterocycles. The second-order valence-electron chi connectivity index (χ2n) is 3.61. The lowest BCUT2D eigenvalue weighted by molar-refractivity contribution is 0.102. The predicted molar refractivity (Wildman–Crippen MR) is 76.1 cm³/mol. The minimum Gasteiger partial charge on any atom is -0.370 e. The van der Waals surface area contributed by atoms with Crippen LogP contribution in [0.2, 0.25) is 0 Å². The first-order valence-corrected chi connectivity index (χ1v) is 6.47. The summed E-state index contributed by atoms with van der Waals surface area (Å²) in [6.07, 6.45) is 4.76. The zero-order valence-corrected chi connectivity index (χ0v) is 11.8. The smallest absolute Gasteiger partial charge is 0.261 e. The van der Waals surface area contributed by atoms with Gasteiger partial charge in [0.2, 0.25) is 5.95 Å². The van der Waals surface area contributed by atoms with Crippen molar-refractivity contribution in [3.05, 3.63) is 40.8 Å². The maximum absolute atomic E-state index is 12.2. The van der Waals surface area contributed by atoms with Gasteiger partial charge in [-0.05, 0) is 35.0 Å². The van der Waals surface area contributed by atoms with E-state index < -0.39 is 0 Å². The van der Waals surface area contributed by atoms with Crippen molar-refractivity contribution in [2.75, 3.05) is 17.2 Å². The van der Waals surface area contributed by atoms with Crippen LogP contribution in [0.15, 0.2) is 35.2 Å². The quantitative estimate of drug-likeness (QED) is 0.903. The van der Waals surface area contributed by atoms with E-state index in [1.54, 1.807) is 30.7 Å². The molecule has 0 atom stereocenters. The van der Waals surface area contributed by atoms with Crippen LogP contribution in [-0.4, -0.2) is 27.4 Å². The third-order valence-electron chi connectivity index (χ3n) is 2.23. The van der Waals surface area contributed by atoms with E-state index in [4.69, 9.17) is 0 Å². The Morgan fingerprint density at radius 2 is 2.05 bits per heavy atom. The number of aromatic nitrogens is 3. The topological polar surface area (TPSA) is 79.8 Å². The number of halogens is 1. The molecule has 19 heavy (non-hydrogen) atoms. The van der Waals surface area contributed by atoms with Crippen LogP contribution in [0.3, 0.4) is 0 Å². The summed E-state index contributed by atoms with van der Waals surface area (Å²) >= 11 is 3.30. The molecule has 2 aromatic rings. The standard InChI is InChI=1S/C12H12BrN5O/c1-2-14-10-9(6-8(13)7-17-10)11(19)18-12-15-4-3-5-16-12/h3-7H,2H2,1H3,(H,14,17)(H,15,16,18,19). The summed E-state index contributed by atoms with van der Waals surface area (Å²) < 4.78 is 0.730. The number of rotatable bonds is 4. The highest BCUT2D eigenvalue weighted by molar-refractivity contribution is 9.10. The molecule has 0 aliphatic rings. The second kappa shape index (κ2) is 6.24. The van der Waals surface area contributed by atoms with E-state index in [0.29, 0.717) is 17.9 Å². The highest BCUT2D eigenvalue weighted by Crippen LogP contribution is 2.18. The van der Waals surface area contributed by atoms with Gasteiger partial charge in [-0.25, -0.2) is 15.0 Å². The molecule has 0 aromatic carbocycles. The van der Waals surface area contributed by atoms with Crippen molar-refractivity contribution in [3.8, 4) is 0 Å². The Morgan fingerprint density at radius 3 is 2.74 bits per heavy atom. The molecule has 98 valence electrons. The molecule has 7 heteroatoms. The fraction of sp³-hybridized carbons (Fsp3) is 0.167. The number of nitrogens with zero attached hydrogens (tertiary/aromatic N) is 3. The number of anilines is 2. The molecule has 0 saturated heterocycles. The summed E-state index contributed by atoms with van der Waals surface area (Å²) in [5.74, 6) is 0.477. The first-order chi connectivity index (χ1) is 9.20. The fourth-order valence-electron chi connectivity index (χ4n) is 1.45. The van der Waals surface area contributed by atoms with E-state index in [0.717, 1.165) is 4.47 Å². The minimum absolute atomic E-state index is 0.259. The van der Waals surface area contributed by atoms with Gasteiger partial charge in [0.05, 0.1) is 5.56 Å². The van der Waals surface area contributed by atoms with Crippen molar-refractivity contribution in [2.45, 2.75) is 6.92 Å². The summed E-state index contributed by atoms with van der Waals surface area (Å²) in [6.45, 7) is 2.61. The normalized spacial score (nSPS) is 10.0. The summed E-state index contributed by atoms with van der Waals surface area (Å²) in [6, 6.07) is 3.38. The molecule has 1 amide bonds. The van der Waals surface area contributed by atoms with Gasteiger partial charge in [0.25, 0.3) is 5.91 Å². The summed E-state index contributed by atoms with van der Waals surface area (Å²) in [7, 11) is 0. The molecular formula is C12H12BrN5O. The first kappa shape index (κ1) is 13.4. The van der Waals surface area contributed by atoms with Crippen molar-refractivity contribution in [1.82, 2.24) is 15.0 Å². The average Bonchev–Trinajstić information content (AvgIpc) is 2.42. The van der Waals surface area contributed by atoms with E-state index in [-0.39, 0.29) is 11.9 Å². The number of hydrogen-bond acceptors (Lipinski definition) is 5. The maximum Gasteiger partial charge on any atom is 0.261 e. The number of amides is 1. The van der Waals surface area contributed by atoms with Gasteiger partial charge in [-0.1, -0.05) is 0 Å². The molecule has 2 heterocycles. The lowest BCUT2D eigenvalue weighted by Crippen LogP contribution is -2.17. The first-order valence-electron chi connectivity index (χ1n) is 5.68. The Hall–Kier alpha value is -2.02. The molecule has 2 rings (SSSR count). The number of carbonyl (C=O) groups is 1. The average molecular weight is 322 g/mol. The lowest BCUT2D eigenvalue weighted by Gasteiger charge is -2.09. The van der Waals surface area contributed by atoms with E-state index >= 15 is 0 Å². The molecule has 0 saturated carbocycles. The molecule has 0 fully saturated rings. The van der Waals surface area contributed by atoms with Gasteiger partial charge >= 0.3 is 0 Å². The highest BCUT2D eigenvalue weighted by Gasteiger charge is 2.14. The van der Waals surface area contributed by atoms with Gasteiger partial charge in [-0.2, -0.15) is 0 Å². The molecule has 0 unspecified atom stereocenters. The third-order valence-corrected chi connectivity index (χ3v) is 2.67. The van der Waals surface area contributed by atoms with Gasteiger partial charge in [0, 0.05) is 29.6 Å². The predicted octanol–water partition coefficient (Wildman–Crippen LogP) is 2.32. The van der Waals surface area contributed by atoms with Crippen LogP contribution in [0.25, 0.3) is 0 Å². The number of nitrogens with one attached hydrogen (secondary N) is 2. The molecule has 2 N–H and O–H groups in total. The zero-order valence-electron chi connectivity index (χ0n) is 10.2. The highest BCUT2D eigenvalue weighted by atomic mass is 79.9. The van der Waals surface area contributed by atoms with Crippen molar-refractivity contribution in [3.63, 3.8) is 0 Å². The summed E-state index contributed by atoms with van der Waals surface area (Å²) in [4.78, 5) is 24.2. The number of carbonyl (C=O) groups excluding carboxylic acids is 1. The van der Waals surface area contributed by atoms with E-state index in [1.165, 1.54) is 0 Å². The summed E-state index contributed by atoms with van der Waals surface area (Å²) in [5, 5.41) is 5.66. The van der Waals surface area contributed by atoms with Crippen LogP contribution in [0.4, 0.5) is 11.8 Å². The van der Waals surface area contributed by atoms with Crippen LogP contribution in [-0.2, 0) is 0 Å². The Morgan fingerprint density at radius 1 is 1.32 bits per heavy atom. The van der Waals surface area contributed by atoms with Crippen LogP contribution in [0, 0.1) is 0 Å². The zero-order chi connectivity index (χ0) is 13.7. The van der Waals surface area contributed by atoms with E-state index in [9.17, 15) is 4.79 Å². The van der Waals surface area contributed by atoms with Crippen molar-refractivity contribution in [2.24, 2.45) is 0 Å². The van der Waals surface area contributed by atoms with Gasteiger partial charge < -0.3 is 5.32 Å². The Bertz CT molecular complexity index is 576. The fourth-order valence-corrected chi connectivity index (χ4v) is 1.78. The van der Waals surface area contributed by atoms with E-state index in [1.807, 2.05) is 6.92 Å². The van der Waals surface area contributed by atoms with Crippen LogP contribution in [0.1, 0.15) is 17.3 Å². The Kier molecular flexibility index (Phi) is 4.40. The van der Waals surface area contributed by atoms with Crippen molar-refractivity contribution >= 4 is 33.6 Å². The SMILES string of the molecule is CCNc1ncc(Br)cc1C(=O)Nc1ncccn1. The largest absolute Gasteiger partial charge is 0.370 e. The Balaban J connectivity index is 2.25. The molecule has 0 aliphatic carbocycles. The number of pyridine rings is 1.